The first kappa shape index (κ1) is 14.2. The van der Waals surface area contributed by atoms with Crippen molar-refractivity contribution in [2.45, 2.75) is 39.3 Å². The number of nitrogens with one attached hydrogen (secondary N) is 2. The second-order valence-electron chi connectivity index (χ2n) is 4.11. The maximum absolute atomic E-state index is 11.8. The number of rotatable bonds is 6. The van der Waals surface area contributed by atoms with Crippen molar-refractivity contribution < 1.29 is 9.53 Å². The molecule has 0 saturated carbocycles. The van der Waals surface area contributed by atoms with Gasteiger partial charge in [-0.05, 0) is 20.3 Å². The smallest absolute Gasteiger partial charge is 0.242 e. The lowest BCUT2D eigenvalue weighted by Gasteiger charge is -2.17. The molecule has 100 valence electrons. The second-order valence-corrected chi connectivity index (χ2v) is 4.11. The summed E-state index contributed by atoms with van der Waals surface area (Å²) in [6.07, 6.45) is 2.47. The number of hydrogen-bond acceptors (Lipinski definition) is 5. The van der Waals surface area contributed by atoms with Gasteiger partial charge in [0.05, 0.1) is 7.11 Å². The number of methoxy groups -OCH3 is 1. The highest BCUT2D eigenvalue weighted by Crippen LogP contribution is 2.08. The molecule has 1 aromatic heterocycles. The van der Waals surface area contributed by atoms with Crippen LogP contribution in [0.15, 0.2) is 12.3 Å². The minimum absolute atomic E-state index is 0.0734. The van der Waals surface area contributed by atoms with Crippen molar-refractivity contribution in [3.05, 3.63) is 12.3 Å². The molecule has 1 amide bonds. The summed E-state index contributed by atoms with van der Waals surface area (Å²) in [5.41, 5.74) is 0. The van der Waals surface area contributed by atoms with Gasteiger partial charge in [0.25, 0.3) is 0 Å². The van der Waals surface area contributed by atoms with Gasteiger partial charge < -0.3 is 15.4 Å². The summed E-state index contributed by atoms with van der Waals surface area (Å²) < 4.78 is 4.99. The van der Waals surface area contributed by atoms with Crippen LogP contribution in [0.5, 0.6) is 5.88 Å². The van der Waals surface area contributed by atoms with Gasteiger partial charge in [0.2, 0.25) is 17.7 Å². The third kappa shape index (κ3) is 4.20. The monoisotopic (exact) mass is 252 g/mol. The maximum Gasteiger partial charge on any atom is 0.242 e. The van der Waals surface area contributed by atoms with E-state index in [-0.39, 0.29) is 11.9 Å². The molecule has 1 rings (SSSR count). The highest BCUT2D eigenvalue weighted by Gasteiger charge is 2.15. The fourth-order valence-corrected chi connectivity index (χ4v) is 1.25. The summed E-state index contributed by atoms with van der Waals surface area (Å²) in [4.78, 5) is 19.9. The van der Waals surface area contributed by atoms with Crippen molar-refractivity contribution in [1.82, 2.24) is 15.3 Å². The summed E-state index contributed by atoms with van der Waals surface area (Å²) in [7, 11) is 1.53. The van der Waals surface area contributed by atoms with E-state index in [4.69, 9.17) is 4.74 Å². The van der Waals surface area contributed by atoms with Crippen LogP contribution in [0.25, 0.3) is 0 Å². The van der Waals surface area contributed by atoms with Crippen LogP contribution >= 0.6 is 0 Å². The molecule has 0 bridgehead atoms. The average Bonchev–Trinajstić information content (AvgIpc) is 2.38. The summed E-state index contributed by atoms with van der Waals surface area (Å²) in [5.74, 6) is 0.763. The Bertz CT molecular complexity index is 397. The Morgan fingerprint density at radius 1 is 1.50 bits per heavy atom. The molecule has 0 radical (unpaired) electrons. The van der Waals surface area contributed by atoms with E-state index >= 15 is 0 Å². The van der Waals surface area contributed by atoms with Gasteiger partial charge >= 0.3 is 0 Å². The van der Waals surface area contributed by atoms with Gasteiger partial charge in [-0.3, -0.25) is 4.79 Å². The maximum atomic E-state index is 11.8. The van der Waals surface area contributed by atoms with Crippen LogP contribution in [-0.4, -0.2) is 35.1 Å². The van der Waals surface area contributed by atoms with Gasteiger partial charge in [-0.2, -0.15) is 4.98 Å². The molecule has 1 heterocycles. The molecule has 0 aliphatic heterocycles. The largest absolute Gasteiger partial charge is 0.481 e. The zero-order valence-corrected chi connectivity index (χ0v) is 11.2. The molecule has 0 spiro atoms. The highest BCUT2D eigenvalue weighted by atomic mass is 16.5. The number of carbonyl (C=O) groups excluding carboxylic acids is 1. The van der Waals surface area contributed by atoms with Gasteiger partial charge in [-0.1, -0.05) is 6.92 Å². The Labute approximate surface area is 107 Å². The third-order valence-corrected chi connectivity index (χ3v) is 2.58. The highest BCUT2D eigenvalue weighted by molar-refractivity contribution is 5.83. The zero-order chi connectivity index (χ0) is 13.5. The van der Waals surface area contributed by atoms with Crippen LogP contribution in [0.3, 0.4) is 0 Å². The lowest BCUT2D eigenvalue weighted by atomic mass is 10.2. The molecule has 18 heavy (non-hydrogen) atoms. The number of carbonyl (C=O) groups is 1. The van der Waals surface area contributed by atoms with E-state index in [2.05, 4.69) is 20.6 Å². The fraction of sp³-hybridized carbons (Fsp3) is 0.583. The number of ether oxygens (including phenoxy) is 1. The van der Waals surface area contributed by atoms with Crippen molar-refractivity contribution in [2.24, 2.45) is 0 Å². The van der Waals surface area contributed by atoms with Gasteiger partial charge in [0, 0.05) is 18.3 Å². The van der Waals surface area contributed by atoms with E-state index in [9.17, 15) is 4.79 Å². The van der Waals surface area contributed by atoms with Crippen molar-refractivity contribution >= 4 is 11.9 Å². The first-order chi connectivity index (χ1) is 8.56. The van der Waals surface area contributed by atoms with E-state index < -0.39 is 6.04 Å². The second kappa shape index (κ2) is 6.78. The molecule has 1 aromatic rings. The van der Waals surface area contributed by atoms with E-state index in [1.807, 2.05) is 13.8 Å². The van der Waals surface area contributed by atoms with E-state index in [0.717, 1.165) is 6.42 Å². The molecule has 6 heteroatoms. The molecule has 0 aromatic carbocycles. The van der Waals surface area contributed by atoms with E-state index in [1.165, 1.54) is 7.11 Å². The average molecular weight is 252 g/mol. The Kier molecular flexibility index (Phi) is 5.35. The predicted octanol–water partition coefficient (Wildman–Crippen LogP) is 1.20. The van der Waals surface area contributed by atoms with Gasteiger partial charge in [0.15, 0.2) is 0 Å². The van der Waals surface area contributed by atoms with E-state index in [0.29, 0.717) is 11.8 Å². The Balaban J connectivity index is 2.57. The minimum Gasteiger partial charge on any atom is -0.481 e. The molecular formula is C12H20N4O2. The first-order valence-corrected chi connectivity index (χ1v) is 6.00. The standard InChI is InChI=1S/C12H20N4O2/c1-5-8(2)14-11(17)9(3)15-12-13-7-6-10(16-12)18-4/h6-9H,5H2,1-4H3,(H,14,17)(H,13,15,16). The first-order valence-electron chi connectivity index (χ1n) is 6.00. The molecule has 0 saturated heterocycles. The summed E-state index contributed by atoms with van der Waals surface area (Å²) in [5, 5.41) is 5.82. The quantitative estimate of drug-likeness (QED) is 0.795. The number of hydrogen-bond donors (Lipinski definition) is 2. The number of aromatic nitrogens is 2. The van der Waals surface area contributed by atoms with Crippen molar-refractivity contribution in [1.29, 1.82) is 0 Å². The summed E-state index contributed by atoms with van der Waals surface area (Å²) >= 11 is 0. The Morgan fingerprint density at radius 3 is 2.83 bits per heavy atom. The summed E-state index contributed by atoms with van der Waals surface area (Å²) in [6, 6.07) is 1.41. The van der Waals surface area contributed by atoms with E-state index in [1.54, 1.807) is 19.2 Å². The van der Waals surface area contributed by atoms with Crippen LogP contribution in [0, 0.1) is 0 Å². The van der Waals surface area contributed by atoms with Gasteiger partial charge in [-0.25, -0.2) is 4.98 Å². The van der Waals surface area contributed by atoms with Crippen molar-refractivity contribution in [3.63, 3.8) is 0 Å². The fourth-order valence-electron chi connectivity index (χ4n) is 1.25. The molecule has 6 nitrogen and oxygen atoms in total. The van der Waals surface area contributed by atoms with Crippen LogP contribution in [0.1, 0.15) is 27.2 Å². The van der Waals surface area contributed by atoms with Gasteiger partial charge in [-0.15, -0.1) is 0 Å². The van der Waals surface area contributed by atoms with Gasteiger partial charge in [0.1, 0.15) is 6.04 Å². The molecule has 2 atom stereocenters. The minimum atomic E-state index is -0.397. The lowest BCUT2D eigenvalue weighted by Crippen LogP contribution is -2.42. The molecular weight excluding hydrogens is 232 g/mol. The predicted molar refractivity (Wildman–Crippen MR) is 69.6 cm³/mol. The van der Waals surface area contributed by atoms with Crippen LogP contribution in [0.4, 0.5) is 5.95 Å². The molecule has 0 aliphatic rings. The zero-order valence-electron chi connectivity index (χ0n) is 11.2. The number of anilines is 1. The van der Waals surface area contributed by atoms with Crippen molar-refractivity contribution in [2.75, 3.05) is 12.4 Å². The molecule has 0 aliphatic carbocycles. The lowest BCUT2D eigenvalue weighted by molar-refractivity contribution is -0.122. The summed E-state index contributed by atoms with van der Waals surface area (Å²) in [6.45, 7) is 5.75. The molecule has 2 unspecified atom stereocenters. The SMILES string of the molecule is CCC(C)NC(=O)C(C)Nc1nccc(OC)n1. The number of amides is 1. The van der Waals surface area contributed by atoms with Crippen LogP contribution < -0.4 is 15.4 Å². The Hall–Kier alpha value is -1.85. The van der Waals surface area contributed by atoms with Crippen molar-refractivity contribution in [3.8, 4) is 5.88 Å². The normalized spacial score (nSPS) is 13.6. The third-order valence-electron chi connectivity index (χ3n) is 2.58. The van der Waals surface area contributed by atoms with Crippen LogP contribution in [0.2, 0.25) is 0 Å². The topological polar surface area (TPSA) is 76.1 Å². The Morgan fingerprint density at radius 2 is 2.22 bits per heavy atom. The molecule has 2 N–H and O–H groups in total. The number of nitrogens with zero attached hydrogens (tertiary/aromatic N) is 2. The molecule has 0 fully saturated rings. The van der Waals surface area contributed by atoms with Crippen LogP contribution in [-0.2, 0) is 4.79 Å².